The molecule has 4 heterocycles. The standard InChI is InChI=1S/C13H17N5O7S/c19-12(15-24-10-3-5-16-6-4-14-11(10)16)9-2-1-8-7-17(9)13(20)18(8)25-26(21,22)23/h4,6,8-10H,1-3,5,7H2,(H,15,19)(H,21,22,23)/t8?,9-,10?/m0/s1. The number of rotatable bonds is 5. The number of nitrogens with zero attached hydrogens (tertiary/aromatic N) is 4. The lowest BCUT2D eigenvalue weighted by atomic mass is 10.0. The Balaban J connectivity index is 1.38. The van der Waals surface area contributed by atoms with Crippen LogP contribution in [0.5, 0.6) is 0 Å². The molecule has 0 aliphatic carbocycles. The fourth-order valence-electron chi connectivity index (χ4n) is 3.60. The number of hydrogen-bond acceptors (Lipinski definition) is 7. The van der Waals surface area contributed by atoms with E-state index in [-0.39, 0.29) is 12.6 Å². The number of urea groups is 1. The van der Waals surface area contributed by atoms with Crippen molar-refractivity contribution in [2.45, 2.75) is 44.0 Å². The zero-order valence-electron chi connectivity index (χ0n) is 13.5. The van der Waals surface area contributed by atoms with Gasteiger partial charge in [0.2, 0.25) is 0 Å². The van der Waals surface area contributed by atoms with Crippen LogP contribution < -0.4 is 5.48 Å². The van der Waals surface area contributed by atoms with Gasteiger partial charge in [0.15, 0.2) is 0 Å². The molecule has 2 unspecified atom stereocenters. The number of aromatic nitrogens is 2. The summed E-state index contributed by atoms with van der Waals surface area (Å²) in [5, 5.41) is 0.594. The molecule has 0 saturated carbocycles. The second-order valence-corrected chi connectivity index (χ2v) is 7.35. The highest BCUT2D eigenvalue weighted by molar-refractivity contribution is 7.80. The summed E-state index contributed by atoms with van der Waals surface area (Å²) in [6.45, 7) is 0.869. The van der Waals surface area contributed by atoms with Crippen molar-refractivity contribution in [1.29, 1.82) is 0 Å². The van der Waals surface area contributed by atoms with Gasteiger partial charge in [0.1, 0.15) is 18.0 Å². The number of hydroxylamine groups is 3. The van der Waals surface area contributed by atoms with E-state index < -0.39 is 34.4 Å². The highest BCUT2D eigenvalue weighted by Gasteiger charge is 2.49. The van der Waals surface area contributed by atoms with Gasteiger partial charge in [-0.1, -0.05) is 0 Å². The number of hydrogen-bond donors (Lipinski definition) is 2. The highest BCUT2D eigenvalue weighted by Crippen LogP contribution is 2.31. The average Bonchev–Trinajstić information content (AvgIpc) is 3.24. The number of amides is 3. The minimum absolute atomic E-state index is 0.125. The van der Waals surface area contributed by atoms with Crippen LogP contribution in [0.2, 0.25) is 0 Å². The van der Waals surface area contributed by atoms with Crippen LogP contribution in [0, 0.1) is 0 Å². The van der Waals surface area contributed by atoms with Gasteiger partial charge in [-0.2, -0.15) is 13.5 Å². The monoisotopic (exact) mass is 387 g/mol. The predicted molar refractivity (Wildman–Crippen MR) is 82.2 cm³/mol. The van der Waals surface area contributed by atoms with Gasteiger partial charge in [0.25, 0.3) is 5.91 Å². The normalized spacial score (nSPS) is 27.7. The predicted octanol–water partition coefficient (Wildman–Crippen LogP) is -0.621. The van der Waals surface area contributed by atoms with Crippen LogP contribution in [0.25, 0.3) is 0 Å². The first-order valence-corrected chi connectivity index (χ1v) is 9.43. The summed E-state index contributed by atoms with van der Waals surface area (Å²) < 4.78 is 36.8. The first-order chi connectivity index (χ1) is 12.3. The van der Waals surface area contributed by atoms with Crippen molar-refractivity contribution in [2.24, 2.45) is 0 Å². The van der Waals surface area contributed by atoms with E-state index in [0.29, 0.717) is 24.3 Å². The van der Waals surface area contributed by atoms with Gasteiger partial charge in [-0.3, -0.25) is 14.2 Å². The minimum Gasteiger partial charge on any atom is -0.333 e. The second kappa shape index (κ2) is 6.19. The Labute approximate surface area is 148 Å². The Morgan fingerprint density at radius 1 is 1.35 bits per heavy atom. The molecule has 1 aromatic rings. The summed E-state index contributed by atoms with van der Waals surface area (Å²) in [6.07, 6.45) is 4.46. The summed E-state index contributed by atoms with van der Waals surface area (Å²) in [5.41, 5.74) is 2.38. The molecule has 2 saturated heterocycles. The lowest BCUT2D eigenvalue weighted by molar-refractivity contribution is -0.144. The van der Waals surface area contributed by atoms with E-state index in [0.717, 1.165) is 12.4 Å². The molecule has 3 amide bonds. The van der Waals surface area contributed by atoms with Gasteiger partial charge in [-0.25, -0.2) is 15.3 Å². The highest BCUT2D eigenvalue weighted by atomic mass is 32.3. The molecule has 142 valence electrons. The third-order valence-electron chi connectivity index (χ3n) is 4.77. The number of fused-ring (bicyclic) bond motifs is 3. The summed E-state index contributed by atoms with van der Waals surface area (Å²) >= 11 is 0. The van der Waals surface area contributed by atoms with Gasteiger partial charge >= 0.3 is 16.4 Å². The van der Waals surface area contributed by atoms with Crippen LogP contribution in [-0.4, -0.2) is 63.1 Å². The van der Waals surface area contributed by atoms with Gasteiger partial charge in [0.05, 0.1) is 6.04 Å². The molecule has 3 aliphatic rings. The van der Waals surface area contributed by atoms with E-state index in [1.807, 2.05) is 10.8 Å². The topological polar surface area (TPSA) is 143 Å². The fraction of sp³-hybridized carbons (Fsp3) is 0.615. The number of piperidine rings is 1. The van der Waals surface area contributed by atoms with E-state index in [1.54, 1.807) is 6.20 Å². The van der Waals surface area contributed by atoms with Gasteiger partial charge < -0.3 is 9.47 Å². The summed E-state index contributed by atoms with van der Waals surface area (Å²) in [7, 11) is -4.82. The van der Waals surface area contributed by atoms with Crippen molar-refractivity contribution in [3.63, 3.8) is 0 Å². The van der Waals surface area contributed by atoms with E-state index in [9.17, 15) is 18.0 Å². The third kappa shape index (κ3) is 3.02. The molecule has 0 spiro atoms. The zero-order valence-corrected chi connectivity index (χ0v) is 14.3. The molecule has 2 bridgehead atoms. The van der Waals surface area contributed by atoms with E-state index in [1.165, 1.54) is 4.90 Å². The lowest BCUT2D eigenvalue weighted by Gasteiger charge is -2.29. The first-order valence-electron chi connectivity index (χ1n) is 8.07. The zero-order chi connectivity index (χ0) is 18.5. The lowest BCUT2D eigenvalue weighted by Crippen LogP contribution is -2.49. The molecule has 4 rings (SSSR count). The molecule has 3 atom stereocenters. The SMILES string of the molecule is O=C(NOC1CCn2ccnc21)[C@@H]1CCC2CN1C(=O)N2OS(=O)(=O)O. The van der Waals surface area contributed by atoms with Crippen LogP contribution in [-0.2, 0) is 30.9 Å². The van der Waals surface area contributed by atoms with E-state index >= 15 is 0 Å². The quantitative estimate of drug-likeness (QED) is 0.502. The number of aryl methyl sites for hydroxylation is 1. The second-order valence-electron chi connectivity index (χ2n) is 6.35. The summed E-state index contributed by atoms with van der Waals surface area (Å²) in [6, 6.07) is -2.15. The fourth-order valence-corrected chi connectivity index (χ4v) is 3.98. The van der Waals surface area contributed by atoms with Crippen molar-refractivity contribution < 1.29 is 31.7 Å². The van der Waals surface area contributed by atoms with Crippen LogP contribution in [0.4, 0.5) is 4.79 Å². The number of nitrogens with one attached hydrogen (secondary N) is 1. The first kappa shape index (κ1) is 17.2. The van der Waals surface area contributed by atoms with E-state index in [4.69, 9.17) is 9.39 Å². The smallest absolute Gasteiger partial charge is 0.333 e. The number of imidazole rings is 1. The summed E-state index contributed by atoms with van der Waals surface area (Å²) in [5.74, 6) is 0.217. The van der Waals surface area contributed by atoms with Crippen molar-refractivity contribution in [3.8, 4) is 0 Å². The Hall–Kier alpha value is -2.22. The largest absolute Gasteiger partial charge is 0.418 e. The maximum Gasteiger partial charge on any atom is 0.418 e. The minimum atomic E-state index is -4.82. The van der Waals surface area contributed by atoms with Crippen molar-refractivity contribution in [2.75, 3.05) is 6.54 Å². The van der Waals surface area contributed by atoms with Crippen LogP contribution >= 0.6 is 0 Å². The number of carbonyl (C=O) groups is 2. The molecule has 2 fully saturated rings. The molecule has 12 nitrogen and oxygen atoms in total. The summed E-state index contributed by atoms with van der Waals surface area (Å²) in [4.78, 5) is 35.6. The Kier molecular flexibility index (Phi) is 4.10. The number of carbonyl (C=O) groups excluding carboxylic acids is 2. The van der Waals surface area contributed by atoms with E-state index in [2.05, 4.69) is 14.7 Å². The molecule has 13 heteroatoms. The molecular weight excluding hydrogens is 370 g/mol. The van der Waals surface area contributed by atoms with Crippen LogP contribution in [0.3, 0.4) is 0 Å². The Morgan fingerprint density at radius 3 is 2.92 bits per heavy atom. The molecule has 0 radical (unpaired) electrons. The van der Waals surface area contributed by atoms with Gasteiger partial charge in [0, 0.05) is 31.9 Å². The maximum atomic E-state index is 12.4. The Bertz CT molecular complexity index is 840. The van der Waals surface area contributed by atoms with Gasteiger partial charge in [-0.15, -0.1) is 4.28 Å². The van der Waals surface area contributed by atoms with Crippen molar-refractivity contribution in [1.82, 2.24) is 25.0 Å². The third-order valence-corrected chi connectivity index (χ3v) is 5.12. The van der Waals surface area contributed by atoms with Gasteiger partial charge in [-0.05, 0) is 12.8 Å². The molecule has 3 aliphatic heterocycles. The molecule has 2 N–H and O–H groups in total. The maximum absolute atomic E-state index is 12.4. The van der Waals surface area contributed by atoms with Crippen molar-refractivity contribution in [3.05, 3.63) is 18.2 Å². The Morgan fingerprint density at radius 2 is 2.15 bits per heavy atom. The van der Waals surface area contributed by atoms with Crippen LogP contribution in [0.15, 0.2) is 12.4 Å². The molecule has 1 aromatic heterocycles. The molecule has 26 heavy (non-hydrogen) atoms. The molecule has 0 aromatic carbocycles. The van der Waals surface area contributed by atoms with Crippen molar-refractivity contribution >= 4 is 22.3 Å². The van der Waals surface area contributed by atoms with Crippen LogP contribution in [0.1, 0.15) is 31.2 Å². The molecular formula is C13H17N5O7S. The average molecular weight is 387 g/mol.